The monoisotopic (exact) mass is 438 g/mol. The minimum Gasteiger partial charge on any atom is -0.472 e. The number of aromatic nitrogens is 5. The smallest absolute Gasteiger partial charge is 0.230 e. The Bertz CT molecular complexity index is 1090. The van der Waals surface area contributed by atoms with E-state index in [-0.39, 0.29) is 6.10 Å². The Morgan fingerprint density at radius 3 is 2.81 bits per heavy atom. The first-order valence-electron chi connectivity index (χ1n) is 11.2. The summed E-state index contributed by atoms with van der Waals surface area (Å²) in [5, 5.41) is 14.8. The van der Waals surface area contributed by atoms with Gasteiger partial charge >= 0.3 is 0 Å². The maximum Gasteiger partial charge on any atom is 0.230 e. The molecule has 0 bridgehead atoms. The molecule has 2 fully saturated rings. The molecular weight excluding hydrogens is 408 g/mol. The van der Waals surface area contributed by atoms with Gasteiger partial charge in [0.15, 0.2) is 5.76 Å². The third-order valence-corrected chi connectivity index (χ3v) is 5.98. The maximum absolute atomic E-state index is 6.40. The van der Waals surface area contributed by atoms with Crippen LogP contribution in [-0.2, 0) is 6.54 Å². The number of likely N-dealkylation sites (tertiary alicyclic amines) is 1. The molecule has 1 atom stereocenters. The number of nitrogens with two attached hydrogens (primary N) is 1. The summed E-state index contributed by atoms with van der Waals surface area (Å²) in [6.07, 6.45) is 3.35. The molecule has 170 valence electrons. The summed E-state index contributed by atoms with van der Waals surface area (Å²) < 4.78 is 11.7. The molecule has 10 nitrogen and oxygen atoms in total. The fourth-order valence-corrected chi connectivity index (χ4v) is 3.93. The van der Waals surface area contributed by atoms with E-state index in [1.54, 1.807) is 0 Å². The lowest BCUT2D eigenvalue weighted by Crippen LogP contribution is -2.22. The van der Waals surface area contributed by atoms with Crippen LogP contribution >= 0.6 is 0 Å². The van der Waals surface area contributed by atoms with Crippen LogP contribution in [0, 0.1) is 0 Å². The van der Waals surface area contributed by atoms with Crippen LogP contribution in [-0.4, -0.2) is 56.5 Å². The average molecular weight is 439 g/mol. The summed E-state index contributed by atoms with van der Waals surface area (Å²) in [7, 11) is 2.09. The van der Waals surface area contributed by atoms with E-state index in [4.69, 9.17) is 15.0 Å². The quantitative estimate of drug-likeness (QED) is 0.485. The number of aromatic amines is 1. The first-order valence-corrected chi connectivity index (χ1v) is 11.2. The molecule has 3 aromatic heterocycles. The highest BCUT2D eigenvalue weighted by Crippen LogP contribution is 2.41. The summed E-state index contributed by atoms with van der Waals surface area (Å²) in [5.74, 6) is 2.74. The molecule has 32 heavy (non-hydrogen) atoms. The number of anilines is 2. The van der Waals surface area contributed by atoms with Crippen molar-refractivity contribution in [2.45, 2.75) is 57.6 Å². The Balaban J connectivity index is 1.41. The van der Waals surface area contributed by atoms with Gasteiger partial charge < -0.3 is 25.2 Å². The lowest BCUT2D eigenvalue weighted by Gasteiger charge is -2.17. The minimum absolute atomic E-state index is 0.0506. The second-order valence-corrected chi connectivity index (χ2v) is 9.11. The zero-order valence-electron chi connectivity index (χ0n) is 18.8. The van der Waals surface area contributed by atoms with Crippen molar-refractivity contribution in [1.82, 2.24) is 30.2 Å². The van der Waals surface area contributed by atoms with Gasteiger partial charge in [0.1, 0.15) is 17.5 Å². The van der Waals surface area contributed by atoms with Crippen molar-refractivity contribution >= 4 is 11.8 Å². The molecule has 2 aliphatic rings. The van der Waals surface area contributed by atoms with Gasteiger partial charge in [-0.05, 0) is 38.3 Å². The van der Waals surface area contributed by atoms with Crippen LogP contribution in [0.1, 0.15) is 62.1 Å². The molecule has 0 radical (unpaired) electrons. The van der Waals surface area contributed by atoms with Crippen molar-refractivity contribution in [3.05, 3.63) is 29.3 Å². The number of nitrogens with one attached hydrogen (secondary N) is 2. The van der Waals surface area contributed by atoms with E-state index < -0.39 is 0 Å². The lowest BCUT2D eigenvalue weighted by molar-refractivity contribution is 0.201. The van der Waals surface area contributed by atoms with Crippen molar-refractivity contribution in [2.24, 2.45) is 0 Å². The predicted octanol–water partition coefficient (Wildman–Crippen LogP) is 3.13. The van der Waals surface area contributed by atoms with Crippen molar-refractivity contribution in [2.75, 3.05) is 31.2 Å². The number of hydrogen-bond donors (Lipinski definition) is 3. The van der Waals surface area contributed by atoms with Crippen molar-refractivity contribution in [3.8, 4) is 17.1 Å². The Morgan fingerprint density at radius 2 is 2.12 bits per heavy atom. The second kappa shape index (κ2) is 8.42. The van der Waals surface area contributed by atoms with Crippen molar-refractivity contribution in [1.29, 1.82) is 0 Å². The highest BCUT2D eigenvalue weighted by atomic mass is 16.5. The van der Waals surface area contributed by atoms with Crippen molar-refractivity contribution in [3.63, 3.8) is 0 Å². The summed E-state index contributed by atoms with van der Waals surface area (Å²) in [6, 6.07) is 3.97. The summed E-state index contributed by atoms with van der Waals surface area (Å²) in [4.78, 5) is 11.4. The largest absolute Gasteiger partial charge is 0.472 e. The standard InChI is InChI=1S/C22H30N8O2/c1-12(2)16-8-15(32-29-16)10-24-22-25-20(23)19(18-9-17(27-28-18)13-4-5-13)21(26-22)31-14-6-7-30(3)11-14/h8-9,12-14H,4-7,10-11H2,1-3H3,(H,27,28)(H3,23,24,25,26). The van der Waals surface area contributed by atoms with Gasteiger partial charge in [-0.1, -0.05) is 19.0 Å². The van der Waals surface area contributed by atoms with E-state index in [0.717, 1.165) is 36.6 Å². The van der Waals surface area contributed by atoms with Crippen LogP contribution in [0.15, 0.2) is 16.7 Å². The SMILES string of the molecule is CC(C)c1cc(CNc2nc(N)c(-c3cc(C4CC4)n[nH]3)c(OC3CCN(C)C3)n2)on1. The molecular formula is C22H30N8O2. The zero-order chi connectivity index (χ0) is 22.2. The normalized spacial score (nSPS) is 19.1. The van der Waals surface area contributed by atoms with Crippen LogP contribution in [0.25, 0.3) is 11.3 Å². The Labute approximate surface area is 186 Å². The van der Waals surface area contributed by atoms with Crippen LogP contribution in [0.5, 0.6) is 5.88 Å². The molecule has 1 aliphatic heterocycles. The number of rotatable bonds is 8. The topological polar surface area (TPSA) is 131 Å². The minimum atomic E-state index is 0.0506. The van der Waals surface area contributed by atoms with Gasteiger partial charge in [-0.25, -0.2) is 0 Å². The molecule has 1 unspecified atom stereocenters. The molecule has 0 spiro atoms. The molecule has 3 aromatic rings. The fraction of sp³-hybridized carbons (Fsp3) is 0.545. The second-order valence-electron chi connectivity index (χ2n) is 9.11. The van der Waals surface area contributed by atoms with E-state index in [1.807, 2.05) is 12.1 Å². The highest BCUT2D eigenvalue weighted by molar-refractivity contribution is 5.77. The van der Waals surface area contributed by atoms with Gasteiger partial charge in [0.2, 0.25) is 11.8 Å². The molecule has 4 heterocycles. The molecule has 0 amide bonds. The number of nitrogens with zero attached hydrogens (tertiary/aromatic N) is 5. The third-order valence-electron chi connectivity index (χ3n) is 5.98. The average Bonchev–Trinajstić information content (AvgIpc) is 3.13. The van der Waals surface area contributed by atoms with Gasteiger partial charge in [-0.2, -0.15) is 15.1 Å². The number of nitrogen functional groups attached to an aromatic ring is 1. The number of hydrogen-bond acceptors (Lipinski definition) is 9. The molecule has 1 saturated carbocycles. The summed E-state index contributed by atoms with van der Waals surface area (Å²) in [6.45, 7) is 6.39. The van der Waals surface area contributed by atoms with Gasteiger partial charge in [-0.3, -0.25) is 5.10 Å². The van der Waals surface area contributed by atoms with Gasteiger partial charge in [0.25, 0.3) is 0 Å². The first kappa shape index (κ1) is 20.7. The van der Waals surface area contributed by atoms with Crippen LogP contribution in [0.2, 0.25) is 0 Å². The molecule has 4 N–H and O–H groups in total. The third kappa shape index (κ3) is 4.40. The van der Waals surface area contributed by atoms with Crippen molar-refractivity contribution < 1.29 is 9.26 Å². The Hall–Kier alpha value is -3.14. The molecule has 10 heteroatoms. The Morgan fingerprint density at radius 1 is 1.28 bits per heavy atom. The highest BCUT2D eigenvalue weighted by Gasteiger charge is 2.29. The number of likely N-dealkylation sites (N-methyl/N-ethyl adjacent to an activating group) is 1. The first-order chi connectivity index (χ1) is 15.5. The van der Waals surface area contributed by atoms with E-state index in [9.17, 15) is 0 Å². The number of ether oxygens (including phenoxy) is 1. The summed E-state index contributed by atoms with van der Waals surface area (Å²) >= 11 is 0. The molecule has 1 saturated heterocycles. The van der Waals surface area contributed by atoms with Crippen LogP contribution in [0.3, 0.4) is 0 Å². The van der Waals surface area contributed by atoms with Crippen LogP contribution < -0.4 is 15.8 Å². The van der Waals surface area contributed by atoms with Gasteiger partial charge in [0, 0.05) is 25.1 Å². The zero-order valence-corrected chi connectivity index (χ0v) is 18.8. The van der Waals surface area contributed by atoms with Crippen LogP contribution in [0.4, 0.5) is 11.8 Å². The molecule has 1 aliphatic carbocycles. The summed E-state index contributed by atoms with van der Waals surface area (Å²) in [5.41, 5.74) is 9.82. The van der Waals surface area contributed by atoms with E-state index >= 15 is 0 Å². The predicted molar refractivity (Wildman–Crippen MR) is 120 cm³/mol. The van der Waals surface area contributed by atoms with E-state index in [2.05, 4.69) is 56.4 Å². The Kier molecular flexibility index (Phi) is 5.46. The molecule has 0 aromatic carbocycles. The van der Waals surface area contributed by atoms with E-state index in [1.165, 1.54) is 12.8 Å². The number of H-pyrrole nitrogens is 1. The maximum atomic E-state index is 6.40. The van der Waals surface area contributed by atoms with Gasteiger partial charge in [0.05, 0.1) is 23.6 Å². The van der Waals surface area contributed by atoms with E-state index in [0.29, 0.717) is 47.4 Å². The fourth-order valence-electron chi connectivity index (χ4n) is 3.93. The van der Waals surface area contributed by atoms with Gasteiger partial charge in [-0.15, -0.1) is 0 Å². The lowest BCUT2D eigenvalue weighted by atomic mass is 10.1. The molecule has 5 rings (SSSR count).